The van der Waals surface area contributed by atoms with Crippen LogP contribution in [-0.2, 0) is 4.79 Å². The number of nitriles is 1. The number of carbonyl (C=O) groups excluding carboxylic acids is 1. The lowest BCUT2D eigenvalue weighted by molar-refractivity contribution is -0.130. The molecule has 0 bridgehead atoms. The number of rotatable bonds is 3. The van der Waals surface area contributed by atoms with E-state index in [1.807, 2.05) is 11.0 Å². The molecule has 1 aliphatic rings. The molecule has 1 unspecified atom stereocenters. The normalized spacial score (nSPS) is 19.3. The fraction of sp³-hybridized carbons (Fsp3) is 0.667. The monoisotopic (exact) mass is 206 g/mol. The summed E-state index contributed by atoms with van der Waals surface area (Å²) in [5.74, 6) is 0.658. The number of allylic oxidation sites excluding steroid dienone is 1. The Morgan fingerprint density at radius 3 is 2.67 bits per heavy atom. The van der Waals surface area contributed by atoms with E-state index >= 15 is 0 Å². The van der Waals surface area contributed by atoms with Crippen LogP contribution in [0, 0.1) is 23.2 Å². The zero-order chi connectivity index (χ0) is 11.3. The number of carbonyl (C=O) groups is 1. The van der Waals surface area contributed by atoms with Crippen LogP contribution in [0.1, 0.15) is 26.2 Å². The summed E-state index contributed by atoms with van der Waals surface area (Å²) in [5.41, 5.74) is 0. The third kappa shape index (κ3) is 3.09. The molecule has 3 nitrogen and oxygen atoms in total. The second kappa shape index (κ2) is 5.55. The van der Waals surface area contributed by atoms with E-state index in [4.69, 9.17) is 5.26 Å². The molecule has 1 heterocycles. The third-order valence-corrected chi connectivity index (χ3v) is 3.14. The lowest BCUT2D eigenvalue weighted by Crippen LogP contribution is -2.38. The average Bonchev–Trinajstić information content (AvgIpc) is 2.26. The van der Waals surface area contributed by atoms with E-state index < -0.39 is 0 Å². The van der Waals surface area contributed by atoms with Crippen molar-refractivity contribution in [2.75, 3.05) is 13.1 Å². The predicted octanol–water partition coefficient (Wildman–Crippen LogP) is 1.96. The Balaban J connectivity index is 2.45. The number of likely N-dealkylation sites (tertiary alicyclic amines) is 1. The summed E-state index contributed by atoms with van der Waals surface area (Å²) in [6, 6.07) is 2.34. The van der Waals surface area contributed by atoms with Gasteiger partial charge in [0.1, 0.15) is 0 Å². The van der Waals surface area contributed by atoms with Gasteiger partial charge in [-0.15, -0.1) is 6.58 Å². The molecule has 1 aliphatic heterocycles. The minimum Gasteiger partial charge on any atom is -0.343 e. The van der Waals surface area contributed by atoms with E-state index in [1.54, 1.807) is 6.92 Å². The van der Waals surface area contributed by atoms with E-state index in [2.05, 4.69) is 12.6 Å². The molecule has 1 fully saturated rings. The second-order valence-electron chi connectivity index (χ2n) is 4.10. The molecule has 0 aromatic rings. The van der Waals surface area contributed by atoms with Crippen molar-refractivity contribution in [3.05, 3.63) is 12.7 Å². The van der Waals surface area contributed by atoms with Gasteiger partial charge in [0, 0.05) is 20.0 Å². The van der Waals surface area contributed by atoms with Crippen LogP contribution in [0.4, 0.5) is 0 Å². The Bertz CT molecular complexity index is 272. The lowest BCUT2D eigenvalue weighted by atomic mass is 9.83. The number of hydrogen-bond acceptors (Lipinski definition) is 2. The van der Waals surface area contributed by atoms with Crippen LogP contribution in [0.2, 0.25) is 0 Å². The molecule has 0 aliphatic carbocycles. The summed E-state index contributed by atoms with van der Waals surface area (Å²) >= 11 is 0. The number of piperidine rings is 1. The lowest BCUT2D eigenvalue weighted by Gasteiger charge is -2.33. The van der Waals surface area contributed by atoms with Crippen molar-refractivity contribution < 1.29 is 4.79 Å². The van der Waals surface area contributed by atoms with Crippen molar-refractivity contribution in [2.45, 2.75) is 26.2 Å². The molecular weight excluding hydrogens is 188 g/mol. The van der Waals surface area contributed by atoms with Crippen LogP contribution in [0.25, 0.3) is 0 Å². The highest BCUT2D eigenvalue weighted by Gasteiger charge is 2.26. The SMILES string of the molecule is C=CCC(C#N)C1CCN(C(C)=O)CC1. The standard InChI is InChI=1S/C12H18N2O/c1-3-4-12(9-13)11-5-7-14(8-6-11)10(2)15/h3,11-12H,1,4-8H2,2H3. The van der Waals surface area contributed by atoms with Gasteiger partial charge in [-0.05, 0) is 25.2 Å². The summed E-state index contributed by atoms with van der Waals surface area (Å²) in [4.78, 5) is 13.0. The first-order chi connectivity index (χ1) is 7.19. The van der Waals surface area contributed by atoms with E-state index in [9.17, 15) is 4.79 Å². The Kier molecular flexibility index (Phi) is 4.36. The molecule has 3 heteroatoms. The molecule has 0 spiro atoms. The zero-order valence-corrected chi connectivity index (χ0v) is 9.28. The maximum atomic E-state index is 11.1. The van der Waals surface area contributed by atoms with E-state index in [-0.39, 0.29) is 11.8 Å². The van der Waals surface area contributed by atoms with Gasteiger partial charge in [0.05, 0.1) is 12.0 Å². The first-order valence-electron chi connectivity index (χ1n) is 5.45. The Morgan fingerprint density at radius 1 is 1.67 bits per heavy atom. The quantitative estimate of drug-likeness (QED) is 0.662. The van der Waals surface area contributed by atoms with Crippen LogP contribution in [0.15, 0.2) is 12.7 Å². The molecule has 0 radical (unpaired) electrons. The van der Waals surface area contributed by atoms with Gasteiger partial charge < -0.3 is 4.90 Å². The smallest absolute Gasteiger partial charge is 0.219 e. The van der Waals surface area contributed by atoms with Crippen molar-refractivity contribution in [2.24, 2.45) is 11.8 Å². The summed E-state index contributed by atoms with van der Waals surface area (Å²) in [5, 5.41) is 9.01. The summed E-state index contributed by atoms with van der Waals surface area (Å²) in [6.07, 6.45) is 4.48. The minimum atomic E-state index is 0.0802. The van der Waals surface area contributed by atoms with Gasteiger partial charge in [0.25, 0.3) is 0 Å². The second-order valence-corrected chi connectivity index (χ2v) is 4.10. The van der Waals surface area contributed by atoms with Crippen molar-refractivity contribution in [3.8, 4) is 6.07 Å². The van der Waals surface area contributed by atoms with Gasteiger partial charge in [-0.1, -0.05) is 6.08 Å². The Labute approximate surface area is 91.4 Å². The first kappa shape index (κ1) is 11.8. The highest BCUT2D eigenvalue weighted by Crippen LogP contribution is 2.27. The van der Waals surface area contributed by atoms with Gasteiger partial charge in [-0.2, -0.15) is 5.26 Å². The van der Waals surface area contributed by atoms with Crippen LogP contribution in [-0.4, -0.2) is 23.9 Å². The number of amides is 1. The molecule has 0 aromatic carbocycles. The highest BCUT2D eigenvalue weighted by atomic mass is 16.2. The minimum absolute atomic E-state index is 0.0802. The van der Waals surface area contributed by atoms with Crippen molar-refractivity contribution in [3.63, 3.8) is 0 Å². The molecular formula is C12H18N2O. The molecule has 1 atom stereocenters. The van der Waals surface area contributed by atoms with Crippen molar-refractivity contribution in [1.29, 1.82) is 5.26 Å². The largest absolute Gasteiger partial charge is 0.343 e. The van der Waals surface area contributed by atoms with Crippen molar-refractivity contribution >= 4 is 5.91 Å². The number of nitrogens with zero attached hydrogens (tertiary/aromatic N) is 2. The average molecular weight is 206 g/mol. The van der Waals surface area contributed by atoms with Gasteiger partial charge in [0.15, 0.2) is 0 Å². The Morgan fingerprint density at radius 2 is 2.27 bits per heavy atom. The summed E-state index contributed by atoms with van der Waals surface area (Å²) in [7, 11) is 0. The first-order valence-corrected chi connectivity index (χ1v) is 5.45. The van der Waals surface area contributed by atoms with Crippen LogP contribution in [0.5, 0.6) is 0 Å². The summed E-state index contributed by atoms with van der Waals surface area (Å²) < 4.78 is 0. The molecule has 1 saturated heterocycles. The van der Waals surface area contributed by atoms with E-state index in [0.29, 0.717) is 5.92 Å². The molecule has 1 amide bonds. The van der Waals surface area contributed by atoms with Crippen LogP contribution < -0.4 is 0 Å². The highest BCUT2D eigenvalue weighted by molar-refractivity contribution is 5.73. The topological polar surface area (TPSA) is 44.1 Å². The fourth-order valence-electron chi connectivity index (χ4n) is 2.15. The summed E-state index contributed by atoms with van der Waals surface area (Å²) in [6.45, 7) is 6.88. The van der Waals surface area contributed by atoms with Crippen molar-refractivity contribution in [1.82, 2.24) is 4.90 Å². The van der Waals surface area contributed by atoms with E-state index in [1.165, 1.54) is 0 Å². The van der Waals surface area contributed by atoms with E-state index in [0.717, 1.165) is 32.4 Å². The zero-order valence-electron chi connectivity index (χ0n) is 9.28. The van der Waals surface area contributed by atoms with Gasteiger partial charge in [0.2, 0.25) is 5.91 Å². The van der Waals surface area contributed by atoms with Gasteiger partial charge >= 0.3 is 0 Å². The number of hydrogen-bond donors (Lipinski definition) is 0. The van der Waals surface area contributed by atoms with Crippen LogP contribution in [0.3, 0.4) is 0 Å². The molecule has 0 saturated carbocycles. The molecule has 0 N–H and O–H groups in total. The van der Waals surface area contributed by atoms with Gasteiger partial charge in [-0.3, -0.25) is 4.79 Å². The van der Waals surface area contributed by atoms with Gasteiger partial charge in [-0.25, -0.2) is 0 Å². The molecule has 15 heavy (non-hydrogen) atoms. The Hall–Kier alpha value is -1.30. The predicted molar refractivity (Wildman–Crippen MR) is 58.9 cm³/mol. The third-order valence-electron chi connectivity index (χ3n) is 3.14. The maximum absolute atomic E-state index is 11.1. The van der Waals surface area contributed by atoms with Crippen LogP contribution >= 0.6 is 0 Å². The fourth-order valence-corrected chi connectivity index (χ4v) is 2.15. The molecule has 1 rings (SSSR count). The maximum Gasteiger partial charge on any atom is 0.219 e. The molecule has 82 valence electrons. The molecule has 0 aromatic heterocycles.